The molecule has 1 aliphatic rings. The van der Waals surface area contributed by atoms with Gasteiger partial charge in [0.05, 0.1) is 12.8 Å². The van der Waals surface area contributed by atoms with E-state index >= 15 is 0 Å². The number of rotatable bonds is 5. The van der Waals surface area contributed by atoms with Crippen molar-refractivity contribution in [3.05, 3.63) is 53.1 Å². The minimum atomic E-state index is -4.97. The molecule has 34 heavy (non-hydrogen) atoms. The highest BCUT2D eigenvalue weighted by Gasteiger charge is 2.66. The smallest absolute Gasteiger partial charge is 0.417 e. The van der Waals surface area contributed by atoms with Crippen LogP contribution in [0.2, 0.25) is 0 Å². The van der Waals surface area contributed by atoms with Crippen LogP contribution < -0.4 is 15.8 Å². The fourth-order valence-electron chi connectivity index (χ4n) is 3.96. The summed E-state index contributed by atoms with van der Waals surface area (Å²) in [6.45, 7) is 1.84. The van der Waals surface area contributed by atoms with Crippen molar-refractivity contribution >= 4 is 17.5 Å². The second-order valence-electron chi connectivity index (χ2n) is 7.82. The molecule has 13 heteroatoms. The molecule has 0 radical (unpaired) electrons. The van der Waals surface area contributed by atoms with Crippen LogP contribution in [0.25, 0.3) is 0 Å². The van der Waals surface area contributed by atoms with Gasteiger partial charge in [-0.15, -0.1) is 0 Å². The summed E-state index contributed by atoms with van der Waals surface area (Å²) in [6, 6.07) is 2.62. The van der Waals surface area contributed by atoms with Gasteiger partial charge in [0.2, 0.25) is 5.82 Å². The lowest BCUT2D eigenvalue weighted by atomic mass is 9.77. The van der Waals surface area contributed by atoms with E-state index in [2.05, 4.69) is 10.3 Å². The zero-order valence-corrected chi connectivity index (χ0v) is 18.0. The van der Waals surface area contributed by atoms with Crippen LogP contribution in [0.1, 0.15) is 35.8 Å². The molecular weight excluding hydrogens is 472 g/mol. The molecule has 3 rings (SSSR count). The third kappa shape index (κ3) is 4.04. The third-order valence-electron chi connectivity index (χ3n) is 5.95. The molecule has 0 bridgehead atoms. The number of amides is 2. The van der Waals surface area contributed by atoms with E-state index in [0.29, 0.717) is 13.0 Å². The number of hydrogen-bond acceptors (Lipinski definition) is 5. The number of carbonyl (C=O) groups is 2. The first-order chi connectivity index (χ1) is 15.7. The van der Waals surface area contributed by atoms with Crippen molar-refractivity contribution in [2.45, 2.75) is 37.6 Å². The molecule has 7 nitrogen and oxygen atoms in total. The molecule has 4 unspecified atom stereocenters. The Labute approximate surface area is 189 Å². The van der Waals surface area contributed by atoms with Gasteiger partial charge in [0, 0.05) is 23.6 Å². The Balaban J connectivity index is 2.11. The van der Waals surface area contributed by atoms with Crippen LogP contribution in [-0.2, 0) is 9.53 Å². The average molecular weight is 491 g/mol. The van der Waals surface area contributed by atoms with Crippen LogP contribution >= 0.6 is 0 Å². The minimum Gasteiger partial charge on any atom is -0.493 e. The van der Waals surface area contributed by atoms with E-state index in [-0.39, 0.29) is 5.56 Å². The molecular formula is C21H19F6N3O4. The van der Waals surface area contributed by atoms with E-state index in [1.54, 1.807) is 0 Å². The maximum Gasteiger partial charge on any atom is 0.417 e. The van der Waals surface area contributed by atoms with Crippen LogP contribution in [0.15, 0.2) is 24.4 Å². The van der Waals surface area contributed by atoms with Gasteiger partial charge in [-0.2, -0.15) is 17.6 Å². The van der Waals surface area contributed by atoms with Crippen LogP contribution in [0, 0.1) is 23.4 Å². The highest BCUT2D eigenvalue weighted by Crippen LogP contribution is 2.55. The van der Waals surface area contributed by atoms with Crippen LogP contribution in [0.4, 0.5) is 32.0 Å². The Morgan fingerprint density at radius 3 is 2.38 bits per heavy atom. The summed E-state index contributed by atoms with van der Waals surface area (Å²) in [4.78, 5) is 27.8. The Bertz CT molecular complexity index is 1140. The average Bonchev–Trinajstić information content (AvgIpc) is 3.03. The number of nitrogens with one attached hydrogen (secondary N) is 1. The Hall–Kier alpha value is -3.35. The number of anilines is 1. The molecule has 2 heterocycles. The summed E-state index contributed by atoms with van der Waals surface area (Å²) in [6.07, 6.45) is -5.95. The first-order valence-electron chi connectivity index (χ1n) is 9.76. The van der Waals surface area contributed by atoms with Crippen molar-refractivity contribution < 1.29 is 45.4 Å². The van der Waals surface area contributed by atoms with Gasteiger partial charge < -0.3 is 20.5 Å². The number of ether oxygens (including phenoxy) is 2. The third-order valence-corrected chi connectivity index (χ3v) is 5.95. The highest BCUT2D eigenvalue weighted by molar-refractivity contribution is 5.97. The van der Waals surface area contributed by atoms with Gasteiger partial charge in [-0.05, 0) is 19.1 Å². The fraction of sp³-hybridized carbons (Fsp3) is 0.381. The molecule has 1 aromatic heterocycles. The summed E-state index contributed by atoms with van der Waals surface area (Å²) < 4.78 is 94.5. The Morgan fingerprint density at radius 1 is 1.18 bits per heavy atom. The number of aromatic nitrogens is 1. The number of carbonyl (C=O) groups excluding carboxylic acids is 2. The van der Waals surface area contributed by atoms with Crippen molar-refractivity contribution in [2.24, 2.45) is 11.7 Å². The van der Waals surface area contributed by atoms with E-state index in [1.807, 2.05) is 0 Å². The van der Waals surface area contributed by atoms with E-state index in [1.165, 1.54) is 0 Å². The quantitative estimate of drug-likeness (QED) is 0.622. The lowest BCUT2D eigenvalue weighted by Gasteiger charge is -2.32. The number of nitrogens with two attached hydrogens (primary N) is 1. The number of alkyl halides is 3. The standard InChI is InChI=1S/C21H19F6N3O4/c1-8-12(9-4-5-10(22)13(23)16(9)33-3)17(34-20(8,2)21(25,26)27)19(32)30-11-6-7-29-15(14(11)24)18(28)31/h4-8,12,17H,1-3H3,(H2,28,31)(H,29,30,32). The molecule has 184 valence electrons. The van der Waals surface area contributed by atoms with Gasteiger partial charge >= 0.3 is 6.18 Å². The molecule has 4 atom stereocenters. The van der Waals surface area contributed by atoms with Crippen LogP contribution in [0.3, 0.4) is 0 Å². The first kappa shape index (κ1) is 25.3. The second-order valence-corrected chi connectivity index (χ2v) is 7.82. The van der Waals surface area contributed by atoms with Gasteiger partial charge in [0.15, 0.2) is 28.7 Å². The maximum absolute atomic E-state index is 14.5. The van der Waals surface area contributed by atoms with E-state index < -0.39 is 76.1 Å². The summed E-state index contributed by atoms with van der Waals surface area (Å²) >= 11 is 0. The van der Waals surface area contributed by atoms with E-state index in [4.69, 9.17) is 15.2 Å². The molecule has 0 saturated carbocycles. The molecule has 3 N–H and O–H groups in total. The minimum absolute atomic E-state index is 0.255. The molecule has 0 spiro atoms. The first-order valence-corrected chi connectivity index (χ1v) is 9.76. The topological polar surface area (TPSA) is 104 Å². The molecule has 2 amide bonds. The summed E-state index contributed by atoms with van der Waals surface area (Å²) in [5, 5.41) is 2.06. The lowest BCUT2D eigenvalue weighted by Crippen LogP contribution is -2.47. The summed E-state index contributed by atoms with van der Waals surface area (Å²) in [5.41, 5.74) is 0.468. The monoisotopic (exact) mass is 491 g/mol. The Morgan fingerprint density at radius 2 is 1.82 bits per heavy atom. The number of nitrogens with zero attached hydrogens (tertiary/aromatic N) is 1. The second kappa shape index (κ2) is 8.78. The summed E-state index contributed by atoms with van der Waals surface area (Å²) in [7, 11) is 0.984. The normalized spacial score (nSPS) is 24.7. The van der Waals surface area contributed by atoms with Gasteiger partial charge in [-0.3, -0.25) is 9.59 Å². The highest BCUT2D eigenvalue weighted by atomic mass is 19.4. The number of hydrogen-bond donors (Lipinski definition) is 2. The van der Waals surface area contributed by atoms with Crippen molar-refractivity contribution in [1.82, 2.24) is 4.98 Å². The molecule has 1 fully saturated rings. The molecule has 1 saturated heterocycles. The zero-order chi connectivity index (χ0) is 25.6. The van der Waals surface area contributed by atoms with Crippen molar-refractivity contribution in [3.8, 4) is 5.75 Å². The lowest BCUT2D eigenvalue weighted by molar-refractivity contribution is -0.272. The number of benzene rings is 1. The number of pyridine rings is 1. The molecule has 1 aliphatic heterocycles. The van der Waals surface area contributed by atoms with E-state index in [0.717, 1.165) is 32.4 Å². The van der Waals surface area contributed by atoms with Gasteiger partial charge in [-0.1, -0.05) is 13.0 Å². The van der Waals surface area contributed by atoms with Crippen molar-refractivity contribution in [1.29, 1.82) is 0 Å². The fourth-order valence-corrected chi connectivity index (χ4v) is 3.96. The van der Waals surface area contributed by atoms with Crippen molar-refractivity contribution in [3.63, 3.8) is 0 Å². The number of primary amides is 1. The van der Waals surface area contributed by atoms with Crippen LogP contribution in [0.5, 0.6) is 5.75 Å². The summed E-state index contributed by atoms with van der Waals surface area (Å²) in [5.74, 6) is -10.2. The predicted molar refractivity (Wildman–Crippen MR) is 105 cm³/mol. The van der Waals surface area contributed by atoms with Gasteiger partial charge in [0.25, 0.3) is 11.8 Å². The molecule has 2 aromatic rings. The van der Waals surface area contributed by atoms with Crippen LogP contribution in [-0.4, -0.2) is 41.8 Å². The van der Waals surface area contributed by atoms with E-state index in [9.17, 15) is 35.9 Å². The van der Waals surface area contributed by atoms with Gasteiger partial charge in [0.1, 0.15) is 6.10 Å². The number of methoxy groups -OCH3 is 1. The molecule has 1 aromatic carbocycles. The van der Waals surface area contributed by atoms with Gasteiger partial charge in [-0.25, -0.2) is 13.8 Å². The van der Waals surface area contributed by atoms with Crippen molar-refractivity contribution in [2.75, 3.05) is 12.4 Å². The maximum atomic E-state index is 14.5. The Kier molecular flexibility index (Phi) is 6.53. The molecule has 0 aliphatic carbocycles. The zero-order valence-electron chi connectivity index (χ0n) is 18.0. The SMILES string of the molecule is COc1c(C2C(C(=O)Nc3ccnc(C(N)=O)c3F)OC(C)(C(F)(F)F)C2C)ccc(F)c1F. The predicted octanol–water partition coefficient (Wildman–Crippen LogP) is 3.68. The number of halogens is 6. The largest absolute Gasteiger partial charge is 0.493 e.